The average molecular weight is 367 g/mol. The van der Waals surface area contributed by atoms with Gasteiger partial charge >= 0.3 is 11.4 Å². The number of hydrogen-bond donors (Lipinski definition) is 2. The molecule has 2 aromatic heterocycles. The fourth-order valence-electron chi connectivity index (χ4n) is 3.05. The van der Waals surface area contributed by atoms with Gasteiger partial charge in [0.15, 0.2) is 11.5 Å². The predicted octanol–water partition coefficient (Wildman–Crippen LogP) is 3.19. The Morgan fingerprint density at radius 2 is 1.85 bits per heavy atom. The quantitative estimate of drug-likeness (QED) is 0.535. The molecule has 0 fully saturated rings. The predicted molar refractivity (Wildman–Crippen MR) is 96.0 cm³/mol. The first-order chi connectivity index (χ1) is 12.9. The van der Waals surface area contributed by atoms with E-state index < -0.39 is 5.97 Å². The second-order valence-electron chi connectivity index (χ2n) is 6.05. The molecule has 27 heavy (non-hydrogen) atoms. The first kappa shape index (κ1) is 16.7. The van der Waals surface area contributed by atoms with Gasteiger partial charge in [-0.3, -0.25) is 9.59 Å². The Bertz CT molecular complexity index is 1250. The molecule has 0 aliphatic carbocycles. The summed E-state index contributed by atoms with van der Waals surface area (Å²) in [6.07, 6.45) is -0.287. The number of phenols is 1. The van der Waals surface area contributed by atoms with Gasteiger partial charge in [0.1, 0.15) is 29.1 Å². The van der Waals surface area contributed by atoms with Crippen molar-refractivity contribution in [2.75, 3.05) is 7.11 Å². The van der Waals surface area contributed by atoms with Crippen molar-refractivity contribution in [2.24, 2.45) is 0 Å². The third-order valence-electron chi connectivity index (χ3n) is 4.19. The Labute approximate surface area is 152 Å². The van der Waals surface area contributed by atoms with Crippen molar-refractivity contribution in [3.05, 3.63) is 53.7 Å². The maximum absolute atomic E-state index is 11.1. The van der Waals surface area contributed by atoms with Crippen LogP contribution in [0.4, 0.5) is 0 Å². The zero-order valence-electron chi connectivity index (χ0n) is 14.2. The molecule has 4 rings (SSSR count). The molecule has 0 saturated carbocycles. The van der Waals surface area contributed by atoms with Crippen molar-refractivity contribution >= 4 is 27.9 Å². The van der Waals surface area contributed by atoms with Gasteiger partial charge in [-0.25, -0.2) is 0 Å². The minimum absolute atomic E-state index is 0.000324. The highest BCUT2D eigenvalue weighted by Gasteiger charge is 2.16. The summed E-state index contributed by atoms with van der Waals surface area (Å²) in [5.74, 6) is -0.0217. The first-order valence-electron chi connectivity index (χ1n) is 8.06. The number of carbonyl (C=O) groups is 1. The molecule has 0 saturated heterocycles. The Balaban J connectivity index is 2.01. The fraction of sp³-hybridized carbons (Fsp3) is 0.100. The molecule has 2 heterocycles. The van der Waals surface area contributed by atoms with E-state index in [-0.39, 0.29) is 23.4 Å². The summed E-state index contributed by atoms with van der Waals surface area (Å²) in [6.45, 7) is 0. The minimum Gasteiger partial charge on any atom is -0.504 e. The Morgan fingerprint density at radius 1 is 1.11 bits per heavy atom. The van der Waals surface area contributed by atoms with Gasteiger partial charge in [-0.15, -0.1) is 0 Å². The summed E-state index contributed by atoms with van der Waals surface area (Å²) >= 11 is 0. The van der Waals surface area contributed by atoms with Crippen molar-refractivity contribution in [3.8, 4) is 22.8 Å². The van der Waals surface area contributed by atoms with Gasteiger partial charge in [-0.1, -0.05) is 0 Å². The number of hydrogen-bond acceptors (Lipinski definition) is 5. The van der Waals surface area contributed by atoms with Gasteiger partial charge in [0.05, 0.1) is 24.6 Å². The van der Waals surface area contributed by atoms with E-state index in [4.69, 9.17) is 18.7 Å². The molecule has 3 N–H and O–H groups in total. The minimum atomic E-state index is -1.02. The molecular weight excluding hydrogens is 352 g/mol. The molecule has 0 atom stereocenters. The van der Waals surface area contributed by atoms with Crippen molar-refractivity contribution in [1.82, 2.24) is 0 Å². The monoisotopic (exact) mass is 367 g/mol. The molecule has 7 heteroatoms. The van der Waals surface area contributed by atoms with Gasteiger partial charge in [0.25, 0.3) is 0 Å². The summed E-state index contributed by atoms with van der Waals surface area (Å²) in [6, 6.07) is 11.0. The van der Waals surface area contributed by atoms with Crippen molar-refractivity contribution in [2.45, 2.75) is 6.42 Å². The van der Waals surface area contributed by atoms with E-state index in [9.17, 15) is 14.7 Å². The highest BCUT2D eigenvalue weighted by Crippen LogP contribution is 2.35. The number of aliphatic carboxylic acids is 1. The molecule has 0 unspecified atom stereocenters. The van der Waals surface area contributed by atoms with E-state index in [2.05, 4.69) is 0 Å². The molecule has 0 bridgehead atoms. The lowest BCUT2D eigenvalue weighted by molar-refractivity contribution is -0.136. The highest BCUT2D eigenvalue weighted by atomic mass is 16.5. The van der Waals surface area contributed by atoms with E-state index in [1.807, 2.05) is 0 Å². The van der Waals surface area contributed by atoms with E-state index in [1.54, 1.807) is 24.3 Å². The second-order valence-corrected chi connectivity index (χ2v) is 6.05. The highest BCUT2D eigenvalue weighted by molar-refractivity contribution is 6.06. The van der Waals surface area contributed by atoms with Crippen LogP contribution >= 0.6 is 0 Å². The molecule has 0 aliphatic rings. The topological polar surface area (TPSA) is 114 Å². The molecule has 7 nitrogen and oxygen atoms in total. The molecule has 4 aromatic rings. The standard InChI is InChI=1S/C20H14O7/c1-25-16-5-10(2-3-14(16)22)15-6-11-4-13(9-19(23)24)26-17-7-12(21)8-18(27-15)20(11)17/h2-8,22H,9H2,1H3,(H,23,24)/p+1. The Kier molecular flexibility index (Phi) is 3.84. The van der Waals surface area contributed by atoms with Crippen molar-refractivity contribution in [3.63, 3.8) is 0 Å². The molecule has 0 amide bonds. The maximum Gasteiger partial charge on any atom is 0.347 e. The summed E-state index contributed by atoms with van der Waals surface area (Å²) in [5.41, 5.74) is 1.30. The van der Waals surface area contributed by atoms with Crippen LogP contribution in [-0.4, -0.2) is 28.1 Å². The lowest BCUT2D eigenvalue weighted by atomic mass is 10.1. The molecule has 2 aromatic carbocycles. The molecule has 0 spiro atoms. The normalized spacial score (nSPS) is 11.1. The van der Waals surface area contributed by atoms with Crippen LogP contribution in [0, 0.1) is 0 Å². The van der Waals surface area contributed by atoms with Gasteiger partial charge in [-0.2, -0.15) is 0 Å². The van der Waals surface area contributed by atoms with Crippen LogP contribution in [0.2, 0.25) is 0 Å². The van der Waals surface area contributed by atoms with E-state index >= 15 is 0 Å². The van der Waals surface area contributed by atoms with Gasteiger partial charge in [-0.05, 0) is 35.7 Å². The SMILES string of the molecule is COc1cc(-c2cc3cc(CC(=O)O)oc4cc(=[OH+])cc(o2)c34)ccc1O. The lowest BCUT2D eigenvalue weighted by Gasteiger charge is -2.10. The van der Waals surface area contributed by atoms with Crippen molar-refractivity contribution < 1.29 is 33.4 Å². The largest absolute Gasteiger partial charge is 0.504 e. The van der Waals surface area contributed by atoms with E-state index in [0.717, 1.165) is 0 Å². The van der Waals surface area contributed by atoms with Crippen LogP contribution in [0.15, 0.2) is 51.3 Å². The maximum atomic E-state index is 11.1. The molecule has 0 radical (unpaired) electrons. The number of benzene rings is 2. The zero-order chi connectivity index (χ0) is 19.1. The first-order valence-corrected chi connectivity index (χ1v) is 8.06. The third-order valence-corrected chi connectivity index (χ3v) is 4.19. The summed E-state index contributed by atoms with van der Waals surface area (Å²) in [5, 5.41) is 20.2. The summed E-state index contributed by atoms with van der Waals surface area (Å²) in [4.78, 5) is 21.0. The van der Waals surface area contributed by atoms with Crippen LogP contribution in [0.5, 0.6) is 11.5 Å². The third kappa shape index (κ3) is 2.99. The number of aromatic hydroxyl groups is 1. The number of carboxylic acid groups (broad SMARTS) is 1. The van der Waals surface area contributed by atoms with Gasteiger partial charge < -0.3 is 23.8 Å². The van der Waals surface area contributed by atoms with Crippen LogP contribution in [0.25, 0.3) is 33.3 Å². The van der Waals surface area contributed by atoms with E-state index in [1.165, 1.54) is 25.3 Å². The number of phenolic OH excluding ortho intramolecular Hbond substituents is 1. The number of carboxylic acids is 1. The second kappa shape index (κ2) is 6.21. The van der Waals surface area contributed by atoms with Crippen LogP contribution < -0.4 is 10.2 Å². The zero-order valence-corrected chi connectivity index (χ0v) is 14.2. The van der Waals surface area contributed by atoms with Crippen LogP contribution in [0.1, 0.15) is 5.76 Å². The van der Waals surface area contributed by atoms with Crippen LogP contribution in [0.3, 0.4) is 0 Å². The molecule has 0 aliphatic heterocycles. The van der Waals surface area contributed by atoms with Gasteiger partial charge in [0.2, 0.25) is 0 Å². The number of rotatable bonds is 4. The summed E-state index contributed by atoms with van der Waals surface area (Å²) in [7, 11) is 1.45. The van der Waals surface area contributed by atoms with Crippen molar-refractivity contribution in [1.29, 1.82) is 0 Å². The Hall–Kier alpha value is -3.74. The average Bonchev–Trinajstić information content (AvgIpc) is 2.60. The summed E-state index contributed by atoms with van der Waals surface area (Å²) < 4.78 is 16.7. The lowest BCUT2D eigenvalue weighted by Crippen LogP contribution is -2.03. The molecular formula is C20H15O7+. The van der Waals surface area contributed by atoms with E-state index in [0.29, 0.717) is 39.0 Å². The number of methoxy groups -OCH3 is 1. The smallest absolute Gasteiger partial charge is 0.347 e. The molecule has 136 valence electrons. The van der Waals surface area contributed by atoms with Gasteiger partial charge in [0, 0.05) is 5.56 Å². The van der Waals surface area contributed by atoms with Crippen LogP contribution in [-0.2, 0) is 11.2 Å². The Morgan fingerprint density at radius 3 is 2.56 bits per heavy atom. The number of ether oxygens (including phenoxy) is 1. The fourth-order valence-corrected chi connectivity index (χ4v) is 3.05.